The highest BCUT2D eigenvalue weighted by atomic mass is 35.5. The molecule has 2 aromatic carbocycles. The zero-order valence-corrected chi connectivity index (χ0v) is 11.6. The largest absolute Gasteiger partial charge is 0.457 e. The maximum atomic E-state index is 13.4. The Morgan fingerprint density at radius 3 is 2.60 bits per heavy atom. The lowest BCUT2D eigenvalue weighted by atomic mass is 10.1. The standard InChI is InChI=1S/C15H14ClF2NO/c1-9(19)6-10-7-11(17)2-5-15(10)20-12-3-4-13(16)14(18)8-12/h2-5,7-9H,6,19H2,1H3. The van der Waals surface area contributed by atoms with Crippen molar-refractivity contribution in [3.63, 3.8) is 0 Å². The SMILES string of the molecule is CC(N)Cc1cc(F)ccc1Oc1ccc(Cl)c(F)c1. The molecule has 0 fully saturated rings. The molecule has 0 aliphatic rings. The molecule has 5 heteroatoms. The van der Waals surface area contributed by atoms with E-state index in [1.165, 1.54) is 30.3 Å². The lowest BCUT2D eigenvalue weighted by Gasteiger charge is -2.13. The van der Waals surface area contributed by atoms with Crippen LogP contribution < -0.4 is 10.5 Å². The summed E-state index contributed by atoms with van der Waals surface area (Å²) in [5.74, 6) is -0.190. The topological polar surface area (TPSA) is 35.2 Å². The average Bonchev–Trinajstić information content (AvgIpc) is 2.36. The van der Waals surface area contributed by atoms with E-state index in [-0.39, 0.29) is 16.9 Å². The molecule has 2 aromatic rings. The third-order valence-corrected chi connectivity index (χ3v) is 2.99. The first kappa shape index (κ1) is 14.8. The Hall–Kier alpha value is -1.65. The fourth-order valence-electron chi connectivity index (χ4n) is 1.82. The van der Waals surface area contributed by atoms with Crippen LogP contribution in [0, 0.1) is 11.6 Å². The van der Waals surface area contributed by atoms with Crippen LogP contribution in [0.25, 0.3) is 0 Å². The van der Waals surface area contributed by atoms with Gasteiger partial charge in [-0.25, -0.2) is 8.78 Å². The first-order chi connectivity index (χ1) is 9.45. The van der Waals surface area contributed by atoms with Gasteiger partial charge in [-0.3, -0.25) is 0 Å². The number of rotatable bonds is 4. The summed E-state index contributed by atoms with van der Waals surface area (Å²) in [6.45, 7) is 1.82. The lowest BCUT2D eigenvalue weighted by Crippen LogP contribution is -2.18. The molecule has 1 atom stereocenters. The second-order valence-corrected chi connectivity index (χ2v) is 5.02. The van der Waals surface area contributed by atoms with Gasteiger partial charge in [-0.1, -0.05) is 11.6 Å². The molecule has 0 heterocycles. The highest BCUT2D eigenvalue weighted by Gasteiger charge is 2.10. The van der Waals surface area contributed by atoms with E-state index in [0.717, 1.165) is 0 Å². The van der Waals surface area contributed by atoms with Crippen LogP contribution in [-0.2, 0) is 6.42 Å². The highest BCUT2D eigenvalue weighted by Crippen LogP contribution is 2.29. The average molecular weight is 298 g/mol. The minimum absolute atomic E-state index is 0.0206. The number of hydrogen-bond donors (Lipinski definition) is 1. The molecular weight excluding hydrogens is 284 g/mol. The molecule has 0 amide bonds. The highest BCUT2D eigenvalue weighted by molar-refractivity contribution is 6.30. The van der Waals surface area contributed by atoms with Gasteiger partial charge in [0.05, 0.1) is 5.02 Å². The van der Waals surface area contributed by atoms with Crippen molar-refractivity contribution in [1.82, 2.24) is 0 Å². The smallest absolute Gasteiger partial charge is 0.145 e. The van der Waals surface area contributed by atoms with Gasteiger partial charge in [0.2, 0.25) is 0 Å². The van der Waals surface area contributed by atoms with Crippen molar-refractivity contribution >= 4 is 11.6 Å². The van der Waals surface area contributed by atoms with Gasteiger partial charge in [-0.2, -0.15) is 0 Å². The van der Waals surface area contributed by atoms with Crippen molar-refractivity contribution in [1.29, 1.82) is 0 Å². The molecule has 0 aliphatic carbocycles. The second kappa shape index (κ2) is 6.20. The predicted octanol–water partition coefficient (Wildman–Crippen LogP) is 4.30. The molecule has 0 spiro atoms. The zero-order valence-electron chi connectivity index (χ0n) is 10.9. The van der Waals surface area contributed by atoms with Crippen LogP contribution in [0.4, 0.5) is 8.78 Å². The first-order valence-electron chi connectivity index (χ1n) is 6.12. The third kappa shape index (κ3) is 3.68. The molecule has 0 radical (unpaired) electrons. The Labute approximate surface area is 121 Å². The summed E-state index contributed by atoms with van der Waals surface area (Å²) in [6, 6.07) is 8.14. The number of ether oxygens (including phenoxy) is 1. The Balaban J connectivity index is 2.30. The van der Waals surface area contributed by atoms with Crippen molar-refractivity contribution in [3.8, 4) is 11.5 Å². The van der Waals surface area contributed by atoms with E-state index >= 15 is 0 Å². The molecule has 0 bridgehead atoms. The molecule has 2 nitrogen and oxygen atoms in total. The first-order valence-corrected chi connectivity index (χ1v) is 6.50. The number of nitrogens with two attached hydrogens (primary N) is 1. The second-order valence-electron chi connectivity index (χ2n) is 4.61. The van der Waals surface area contributed by atoms with E-state index in [1.807, 2.05) is 6.92 Å². The summed E-state index contributed by atoms with van der Waals surface area (Å²) in [5, 5.41) is 0.0206. The van der Waals surface area contributed by atoms with Crippen molar-refractivity contribution in [2.24, 2.45) is 5.73 Å². The minimum Gasteiger partial charge on any atom is -0.457 e. The number of benzene rings is 2. The maximum absolute atomic E-state index is 13.4. The monoisotopic (exact) mass is 297 g/mol. The van der Waals surface area contributed by atoms with Gasteiger partial charge in [0.15, 0.2) is 0 Å². The minimum atomic E-state index is -0.569. The van der Waals surface area contributed by atoms with E-state index in [2.05, 4.69) is 0 Å². The van der Waals surface area contributed by atoms with Gasteiger partial charge in [0.25, 0.3) is 0 Å². The van der Waals surface area contributed by atoms with Gasteiger partial charge in [0.1, 0.15) is 23.1 Å². The van der Waals surface area contributed by atoms with E-state index in [0.29, 0.717) is 23.5 Å². The number of halogens is 3. The fourth-order valence-corrected chi connectivity index (χ4v) is 1.94. The van der Waals surface area contributed by atoms with Gasteiger partial charge in [-0.05, 0) is 49.2 Å². The molecule has 0 aromatic heterocycles. The van der Waals surface area contributed by atoms with E-state index < -0.39 is 5.82 Å². The van der Waals surface area contributed by atoms with E-state index in [1.54, 1.807) is 6.07 Å². The van der Waals surface area contributed by atoms with Crippen molar-refractivity contribution in [2.45, 2.75) is 19.4 Å². The molecule has 20 heavy (non-hydrogen) atoms. The molecular formula is C15H14ClF2NO. The van der Waals surface area contributed by atoms with Crippen LogP contribution in [0.2, 0.25) is 5.02 Å². The molecule has 1 unspecified atom stereocenters. The Bertz CT molecular complexity index is 617. The Morgan fingerprint density at radius 1 is 1.20 bits per heavy atom. The summed E-state index contributed by atoms with van der Waals surface area (Å²) >= 11 is 5.61. The zero-order chi connectivity index (χ0) is 14.7. The van der Waals surface area contributed by atoms with Crippen LogP contribution in [0.3, 0.4) is 0 Å². The third-order valence-electron chi connectivity index (χ3n) is 2.68. The maximum Gasteiger partial charge on any atom is 0.145 e. The summed E-state index contributed by atoms with van der Waals surface area (Å²) in [6.07, 6.45) is 0.461. The quantitative estimate of drug-likeness (QED) is 0.913. The van der Waals surface area contributed by atoms with E-state index in [4.69, 9.17) is 22.1 Å². The molecule has 0 aliphatic heterocycles. The molecule has 2 N–H and O–H groups in total. The van der Waals surface area contributed by atoms with Crippen molar-refractivity contribution in [3.05, 3.63) is 58.6 Å². The Morgan fingerprint density at radius 2 is 1.95 bits per heavy atom. The van der Waals surface area contributed by atoms with Gasteiger partial charge in [-0.15, -0.1) is 0 Å². The predicted molar refractivity (Wildman–Crippen MR) is 75.2 cm³/mol. The summed E-state index contributed by atoms with van der Waals surface area (Å²) < 4.78 is 32.2. The summed E-state index contributed by atoms with van der Waals surface area (Å²) in [4.78, 5) is 0. The van der Waals surface area contributed by atoms with Crippen LogP contribution >= 0.6 is 11.6 Å². The molecule has 0 saturated heterocycles. The van der Waals surface area contributed by atoms with Crippen LogP contribution in [-0.4, -0.2) is 6.04 Å². The van der Waals surface area contributed by atoms with Gasteiger partial charge < -0.3 is 10.5 Å². The summed E-state index contributed by atoms with van der Waals surface area (Å²) in [5.41, 5.74) is 6.36. The van der Waals surface area contributed by atoms with Crippen molar-refractivity contribution in [2.75, 3.05) is 0 Å². The van der Waals surface area contributed by atoms with Crippen LogP contribution in [0.1, 0.15) is 12.5 Å². The van der Waals surface area contributed by atoms with Crippen molar-refractivity contribution < 1.29 is 13.5 Å². The molecule has 2 rings (SSSR count). The van der Waals surface area contributed by atoms with E-state index in [9.17, 15) is 8.78 Å². The van der Waals surface area contributed by atoms with Gasteiger partial charge >= 0.3 is 0 Å². The van der Waals surface area contributed by atoms with Crippen LogP contribution in [0.5, 0.6) is 11.5 Å². The van der Waals surface area contributed by atoms with Gasteiger partial charge in [0, 0.05) is 12.1 Å². The van der Waals surface area contributed by atoms with Crippen LogP contribution in [0.15, 0.2) is 36.4 Å². The lowest BCUT2D eigenvalue weighted by molar-refractivity contribution is 0.466. The normalized spacial score (nSPS) is 12.2. The number of hydrogen-bond acceptors (Lipinski definition) is 2. The molecule has 0 saturated carbocycles. The molecule has 106 valence electrons. The Kier molecular flexibility index (Phi) is 4.57. The fraction of sp³-hybridized carbons (Fsp3) is 0.200. The summed E-state index contributed by atoms with van der Waals surface area (Å²) in [7, 11) is 0.